The highest BCUT2D eigenvalue weighted by Gasteiger charge is 2.25. The lowest BCUT2D eigenvalue weighted by molar-refractivity contribution is -0.0447. The molecule has 12 heavy (non-hydrogen) atoms. The predicted octanol–water partition coefficient (Wildman–Crippen LogP) is 0.742. The number of nitrogens with zero attached hydrogens (tertiary/aromatic N) is 1. The molecule has 1 aliphatic rings. The van der Waals surface area contributed by atoms with Crippen LogP contribution in [0.3, 0.4) is 0 Å². The van der Waals surface area contributed by atoms with Crippen LogP contribution in [-0.2, 0) is 9.47 Å². The molecule has 0 spiro atoms. The molecule has 3 nitrogen and oxygen atoms in total. The lowest BCUT2D eigenvalue weighted by atomic mass is 10.2. The number of hydrogen-bond donors (Lipinski definition) is 0. The summed E-state index contributed by atoms with van der Waals surface area (Å²) >= 11 is 0. The maximum absolute atomic E-state index is 5.43. The topological polar surface area (TPSA) is 21.7 Å². The third kappa shape index (κ3) is 3.09. The van der Waals surface area contributed by atoms with Crippen LogP contribution in [0.2, 0.25) is 0 Å². The quantitative estimate of drug-likeness (QED) is 0.612. The van der Waals surface area contributed by atoms with Crippen LogP contribution in [0.15, 0.2) is 0 Å². The average molecular weight is 173 g/mol. The molecule has 1 heterocycles. The van der Waals surface area contributed by atoms with Crippen molar-refractivity contribution in [3.05, 3.63) is 0 Å². The molecule has 0 N–H and O–H groups in total. The molecule has 0 amide bonds. The number of hydrogen-bond acceptors (Lipinski definition) is 3. The van der Waals surface area contributed by atoms with Crippen LogP contribution >= 0.6 is 0 Å². The first-order valence-corrected chi connectivity index (χ1v) is 4.59. The molecule has 0 aliphatic carbocycles. The van der Waals surface area contributed by atoms with E-state index in [4.69, 9.17) is 9.47 Å². The molecule has 0 aromatic rings. The second-order valence-electron chi connectivity index (χ2n) is 3.54. The van der Waals surface area contributed by atoms with Crippen molar-refractivity contribution in [2.45, 2.75) is 26.1 Å². The molecule has 0 saturated carbocycles. The summed E-state index contributed by atoms with van der Waals surface area (Å²) in [7, 11) is 1.77. The van der Waals surface area contributed by atoms with E-state index in [1.165, 1.54) is 0 Å². The molecule has 72 valence electrons. The summed E-state index contributed by atoms with van der Waals surface area (Å²) in [6.07, 6.45) is 0.813. The van der Waals surface area contributed by atoms with Gasteiger partial charge in [0.15, 0.2) is 0 Å². The Balaban J connectivity index is 1.90. The summed E-state index contributed by atoms with van der Waals surface area (Å²) in [6, 6.07) is 0. The Morgan fingerprint density at radius 1 is 1.42 bits per heavy atom. The zero-order chi connectivity index (χ0) is 8.97. The maximum atomic E-state index is 5.43. The number of methoxy groups -OCH3 is 1. The molecule has 1 fully saturated rings. The van der Waals surface area contributed by atoms with Gasteiger partial charge >= 0.3 is 0 Å². The Hall–Kier alpha value is -0.120. The maximum Gasteiger partial charge on any atom is 0.0824 e. The fraction of sp³-hybridized carbons (Fsp3) is 1.00. The van der Waals surface area contributed by atoms with Crippen LogP contribution in [0.4, 0.5) is 0 Å². The van der Waals surface area contributed by atoms with Gasteiger partial charge in [-0.2, -0.15) is 0 Å². The molecule has 0 bridgehead atoms. The van der Waals surface area contributed by atoms with E-state index in [9.17, 15) is 0 Å². The zero-order valence-electron chi connectivity index (χ0n) is 8.25. The first-order chi connectivity index (χ1) is 5.72. The summed E-state index contributed by atoms with van der Waals surface area (Å²) in [5.74, 6) is 0. The largest absolute Gasteiger partial charge is 0.379 e. The van der Waals surface area contributed by atoms with Crippen LogP contribution in [0.5, 0.6) is 0 Å². The molecular weight excluding hydrogens is 154 g/mol. The minimum absolute atomic E-state index is 0.351. The van der Waals surface area contributed by atoms with Crippen LogP contribution in [0.1, 0.15) is 13.8 Å². The minimum Gasteiger partial charge on any atom is -0.379 e. The van der Waals surface area contributed by atoms with Crippen molar-refractivity contribution < 1.29 is 9.47 Å². The van der Waals surface area contributed by atoms with Crippen LogP contribution in [0, 0.1) is 0 Å². The normalized spacial score (nSPS) is 20.0. The molecule has 0 aromatic carbocycles. The standard InChI is InChI=1S/C9H19NO2/c1-8(2)12-5-4-10-6-9(7-10)11-3/h8-9H,4-7H2,1-3H3. The highest BCUT2D eigenvalue weighted by atomic mass is 16.5. The van der Waals surface area contributed by atoms with Crippen molar-refractivity contribution in [2.75, 3.05) is 33.4 Å². The van der Waals surface area contributed by atoms with Crippen LogP contribution in [-0.4, -0.2) is 50.5 Å². The van der Waals surface area contributed by atoms with Gasteiger partial charge in [-0.3, -0.25) is 4.90 Å². The van der Waals surface area contributed by atoms with E-state index < -0.39 is 0 Å². The molecule has 0 unspecified atom stereocenters. The fourth-order valence-electron chi connectivity index (χ4n) is 1.27. The SMILES string of the molecule is COC1CN(CCOC(C)C)C1. The van der Waals surface area contributed by atoms with E-state index in [0.717, 1.165) is 26.2 Å². The van der Waals surface area contributed by atoms with E-state index in [1.807, 2.05) is 0 Å². The van der Waals surface area contributed by atoms with E-state index in [1.54, 1.807) is 7.11 Å². The summed E-state index contributed by atoms with van der Waals surface area (Å²) < 4.78 is 10.6. The average Bonchev–Trinajstić information content (AvgIpc) is 1.93. The predicted molar refractivity (Wildman–Crippen MR) is 48.3 cm³/mol. The number of likely N-dealkylation sites (tertiary alicyclic amines) is 1. The molecule has 0 radical (unpaired) electrons. The lowest BCUT2D eigenvalue weighted by Gasteiger charge is -2.38. The summed E-state index contributed by atoms with van der Waals surface area (Å²) in [6.45, 7) is 8.14. The van der Waals surface area contributed by atoms with E-state index >= 15 is 0 Å². The van der Waals surface area contributed by atoms with Gasteiger partial charge < -0.3 is 9.47 Å². The summed E-state index contributed by atoms with van der Waals surface area (Å²) in [4.78, 5) is 2.34. The Morgan fingerprint density at radius 2 is 2.08 bits per heavy atom. The lowest BCUT2D eigenvalue weighted by Crippen LogP contribution is -2.52. The number of ether oxygens (including phenoxy) is 2. The third-order valence-electron chi connectivity index (χ3n) is 2.12. The van der Waals surface area contributed by atoms with Gasteiger partial charge in [-0.15, -0.1) is 0 Å². The molecule has 1 aliphatic heterocycles. The van der Waals surface area contributed by atoms with Crippen molar-refractivity contribution in [3.63, 3.8) is 0 Å². The van der Waals surface area contributed by atoms with Crippen molar-refractivity contribution in [2.24, 2.45) is 0 Å². The molecule has 0 atom stereocenters. The second kappa shape index (κ2) is 4.80. The van der Waals surface area contributed by atoms with Gasteiger partial charge in [0.25, 0.3) is 0 Å². The van der Waals surface area contributed by atoms with Crippen molar-refractivity contribution >= 4 is 0 Å². The highest BCUT2D eigenvalue weighted by molar-refractivity contribution is 4.79. The Labute approximate surface area is 74.6 Å². The third-order valence-corrected chi connectivity index (χ3v) is 2.12. The first kappa shape index (κ1) is 9.96. The Morgan fingerprint density at radius 3 is 2.58 bits per heavy atom. The van der Waals surface area contributed by atoms with Crippen molar-refractivity contribution in [1.29, 1.82) is 0 Å². The zero-order valence-corrected chi connectivity index (χ0v) is 8.25. The van der Waals surface area contributed by atoms with E-state index in [0.29, 0.717) is 12.2 Å². The Kier molecular flexibility index (Phi) is 3.98. The second-order valence-corrected chi connectivity index (χ2v) is 3.54. The van der Waals surface area contributed by atoms with Gasteiger partial charge in [-0.05, 0) is 13.8 Å². The van der Waals surface area contributed by atoms with Gasteiger partial charge in [0.05, 0.1) is 18.8 Å². The summed E-state index contributed by atoms with van der Waals surface area (Å²) in [5.41, 5.74) is 0. The monoisotopic (exact) mass is 173 g/mol. The van der Waals surface area contributed by atoms with E-state index in [2.05, 4.69) is 18.7 Å². The van der Waals surface area contributed by atoms with Gasteiger partial charge in [0.1, 0.15) is 0 Å². The van der Waals surface area contributed by atoms with Gasteiger partial charge in [0.2, 0.25) is 0 Å². The van der Waals surface area contributed by atoms with Crippen molar-refractivity contribution in [3.8, 4) is 0 Å². The number of rotatable bonds is 5. The molecule has 0 aromatic heterocycles. The van der Waals surface area contributed by atoms with Gasteiger partial charge in [-0.1, -0.05) is 0 Å². The molecule has 1 saturated heterocycles. The van der Waals surface area contributed by atoms with E-state index in [-0.39, 0.29) is 0 Å². The van der Waals surface area contributed by atoms with Crippen LogP contribution in [0.25, 0.3) is 0 Å². The fourth-order valence-corrected chi connectivity index (χ4v) is 1.27. The van der Waals surface area contributed by atoms with Gasteiger partial charge in [0, 0.05) is 26.7 Å². The summed E-state index contributed by atoms with van der Waals surface area (Å²) in [5, 5.41) is 0. The Bertz CT molecular complexity index is 122. The molecule has 3 heteroatoms. The van der Waals surface area contributed by atoms with Crippen molar-refractivity contribution in [1.82, 2.24) is 4.90 Å². The molecule has 1 rings (SSSR count). The first-order valence-electron chi connectivity index (χ1n) is 4.59. The minimum atomic E-state index is 0.351. The van der Waals surface area contributed by atoms with Crippen LogP contribution < -0.4 is 0 Å². The highest BCUT2D eigenvalue weighted by Crippen LogP contribution is 2.09. The molecular formula is C9H19NO2. The van der Waals surface area contributed by atoms with Gasteiger partial charge in [-0.25, -0.2) is 0 Å². The smallest absolute Gasteiger partial charge is 0.0824 e.